The number of nitrogens with zero attached hydrogens (tertiary/aromatic N) is 3. The Labute approximate surface area is 219 Å². The molecule has 2 aromatic carbocycles. The molecule has 0 atom stereocenters. The van der Waals surface area contributed by atoms with Gasteiger partial charge in [0.05, 0.1) is 32.2 Å². The van der Waals surface area contributed by atoms with Crippen LogP contribution in [0.2, 0.25) is 0 Å². The van der Waals surface area contributed by atoms with Gasteiger partial charge in [-0.05, 0) is 61.5 Å². The third-order valence-electron chi connectivity index (χ3n) is 5.55. The van der Waals surface area contributed by atoms with Crippen molar-refractivity contribution in [1.29, 1.82) is 0 Å². The zero-order valence-electron chi connectivity index (χ0n) is 19.9. The Kier molecular flexibility index (Phi) is 6.78. The Morgan fingerprint density at radius 1 is 1.14 bits per heavy atom. The van der Waals surface area contributed by atoms with Crippen LogP contribution < -0.4 is 15.6 Å². The van der Waals surface area contributed by atoms with Gasteiger partial charge < -0.3 is 19.2 Å². The van der Waals surface area contributed by atoms with E-state index in [4.69, 9.17) is 13.9 Å². The van der Waals surface area contributed by atoms with E-state index in [9.17, 15) is 9.59 Å². The lowest BCUT2D eigenvalue weighted by molar-refractivity contribution is 0.0488. The summed E-state index contributed by atoms with van der Waals surface area (Å²) in [6.07, 6.45) is 1.72. The lowest BCUT2D eigenvalue weighted by Gasteiger charge is -2.11. The maximum atomic E-state index is 13.0. The summed E-state index contributed by atoms with van der Waals surface area (Å²) in [5.41, 5.74) is 2.57. The summed E-state index contributed by atoms with van der Waals surface area (Å²) in [4.78, 5) is 34.1. The van der Waals surface area contributed by atoms with Crippen LogP contribution in [0.5, 0.6) is 5.75 Å². The molecule has 37 heavy (non-hydrogen) atoms. The molecule has 5 rings (SSSR count). The summed E-state index contributed by atoms with van der Waals surface area (Å²) in [6.45, 7) is 2.27. The lowest BCUT2D eigenvalue weighted by atomic mass is 10.1. The van der Waals surface area contributed by atoms with Gasteiger partial charge in [-0.2, -0.15) is 0 Å². The number of furan rings is 1. The van der Waals surface area contributed by atoms with Crippen molar-refractivity contribution >= 4 is 33.4 Å². The number of ether oxygens (including phenoxy) is 2. The van der Waals surface area contributed by atoms with Crippen molar-refractivity contribution in [3.05, 3.63) is 87.1 Å². The summed E-state index contributed by atoms with van der Waals surface area (Å²) >= 11 is 3.48. The molecule has 0 amide bonds. The molecule has 188 valence electrons. The predicted molar refractivity (Wildman–Crippen MR) is 141 cm³/mol. The first kappa shape index (κ1) is 24.3. The fourth-order valence-corrected chi connectivity index (χ4v) is 4.12. The van der Waals surface area contributed by atoms with Crippen molar-refractivity contribution in [1.82, 2.24) is 19.6 Å². The number of H-pyrrole nitrogens is 1. The minimum atomic E-state index is -0.518. The number of hydrogen-bond donors (Lipinski definition) is 2. The molecule has 0 saturated carbocycles. The molecule has 0 fully saturated rings. The molecule has 3 heterocycles. The van der Waals surface area contributed by atoms with Crippen LogP contribution in [0.3, 0.4) is 0 Å². The number of carbonyl (C=O) groups excluding carboxylic acids is 1. The number of fused-ring (bicyclic) bond motifs is 1. The third-order valence-corrected chi connectivity index (χ3v) is 6.04. The maximum absolute atomic E-state index is 13.0. The van der Waals surface area contributed by atoms with E-state index in [1.54, 1.807) is 38.4 Å². The molecule has 10 nitrogen and oxygen atoms in total. The van der Waals surface area contributed by atoms with Gasteiger partial charge in [0.1, 0.15) is 17.2 Å². The number of anilines is 1. The Morgan fingerprint density at radius 2 is 1.95 bits per heavy atom. The summed E-state index contributed by atoms with van der Waals surface area (Å²) in [5, 5.41) is 6.07. The van der Waals surface area contributed by atoms with Crippen LogP contribution in [0, 0.1) is 0 Å². The van der Waals surface area contributed by atoms with E-state index in [-0.39, 0.29) is 30.2 Å². The number of rotatable bonds is 8. The quantitative estimate of drug-likeness (QED) is 0.255. The van der Waals surface area contributed by atoms with Crippen molar-refractivity contribution in [3.8, 4) is 28.3 Å². The Hall–Kier alpha value is -4.38. The van der Waals surface area contributed by atoms with Gasteiger partial charge in [-0.25, -0.2) is 19.3 Å². The van der Waals surface area contributed by atoms with Gasteiger partial charge in [0.15, 0.2) is 0 Å². The van der Waals surface area contributed by atoms with E-state index in [1.807, 2.05) is 36.4 Å². The number of benzene rings is 2. The van der Waals surface area contributed by atoms with Crippen molar-refractivity contribution in [2.45, 2.75) is 13.5 Å². The fraction of sp³-hybridized carbons (Fsp3) is 0.154. The number of carbonyl (C=O) groups is 1. The second-order valence-corrected chi connectivity index (χ2v) is 8.87. The van der Waals surface area contributed by atoms with Crippen LogP contribution >= 0.6 is 15.9 Å². The Morgan fingerprint density at radius 3 is 2.70 bits per heavy atom. The zero-order valence-corrected chi connectivity index (χ0v) is 21.5. The number of halogens is 1. The summed E-state index contributed by atoms with van der Waals surface area (Å²) < 4.78 is 18.0. The van der Waals surface area contributed by atoms with E-state index in [2.05, 4.69) is 36.3 Å². The number of aromatic amines is 1. The molecule has 5 aromatic rings. The number of imidazole rings is 1. The number of aromatic nitrogens is 4. The second kappa shape index (κ2) is 10.3. The maximum Gasteiger partial charge on any atom is 0.374 e. The van der Waals surface area contributed by atoms with Gasteiger partial charge in [0.2, 0.25) is 11.5 Å². The summed E-state index contributed by atoms with van der Waals surface area (Å²) in [7, 11) is 1.61. The van der Waals surface area contributed by atoms with Crippen LogP contribution in [0.15, 0.2) is 74.5 Å². The molecular weight excluding hydrogens is 542 g/mol. The van der Waals surface area contributed by atoms with Crippen LogP contribution in [0.25, 0.3) is 28.3 Å². The first-order chi connectivity index (χ1) is 17.9. The fourth-order valence-electron chi connectivity index (χ4n) is 3.76. The highest BCUT2D eigenvalue weighted by atomic mass is 79.9. The lowest BCUT2D eigenvalue weighted by Crippen LogP contribution is -2.16. The van der Waals surface area contributed by atoms with E-state index < -0.39 is 5.97 Å². The first-order valence-corrected chi connectivity index (χ1v) is 12.2. The molecule has 0 unspecified atom stereocenters. The molecule has 0 bridgehead atoms. The number of esters is 1. The van der Waals surface area contributed by atoms with Gasteiger partial charge >= 0.3 is 5.97 Å². The number of hydrogen-bond acceptors (Lipinski definition) is 8. The van der Waals surface area contributed by atoms with Gasteiger partial charge in [0.25, 0.3) is 5.56 Å². The Bertz CT molecular complexity index is 1640. The minimum Gasteiger partial charge on any atom is -0.497 e. The Balaban J connectivity index is 1.45. The van der Waals surface area contributed by atoms with E-state index >= 15 is 0 Å². The van der Waals surface area contributed by atoms with Crippen LogP contribution in [0.4, 0.5) is 5.69 Å². The molecule has 0 aliphatic rings. The van der Waals surface area contributed by atoms with E-state index in [0.717, 1.165) is 15.8 Å². The molecule has 11 heteroatoms. The molecule has 2 N–H and O–H groups in total. The van der Waals surface area contributed by atoms with Crippen molar-refractivity contribution in [2.24, 2.45) is 0 Å². The number of nitrogens with one attached hydrogen (secondary N) is 2. The standard InChI is InChI=1S/C26H22BrN5O5/c1-3-36-25(34)22-11-9-18(37-22)13-28-20-10-6-16(27)12-19(20)23-24(33)31-32-14-21(29-26(32)30-23)15-4-7-17(35-2)8-5-15/h4-12,14,28H,3,13H2,1-2H3,(H,31,33). The highest BCUT2D eigenvalue weighted by molar-refractivity contribution is 9.10. The van der Waals surface area contributed by atoms with Crippen molar-refractivity contribution in [3.63, 3.8) is 0 Å². The average Bonchev–Trinajstić information content (AvgIpc) is 3.55. The predicted octanol–water partition coefficient (Wildman–Crippen LogP) is 4.90. The molecule has 3 aromatic heterocycles. The zero-order chi connectivity index (χ0) is 25.9. The first-order valence-electron chi connectivity index (χ1n) is 11.4. The molecule has 0 saturated heterocycles. The highest BCUT2D eigenvalue weighted by Crippen LogP contribution is 2.29. The van der Waals surface area contributed by atoms with E-state index in [1.165, 1.54) is 4.52 Å². The molecule has 0 radical (unpaired) electrons. The largest absolute Gasteiger partial charge is 0.497 e. The minimum absolute atomic E-state index is 0.130. The smallest absolute Gasteiger partial charge is 0.374 e. The van der Waals surface area contributed by atoms with Crippen molar-refractivity contribution < 1.29 is 18.7 Å². The molecule has 0 aliphatic carbocycles. The van der Waals surface area contributed by atoms with Gasteiger partial charge in [-0.3, -0.25) is 9.89 Å². The van der Waals surface area contributed by atoms with Crippen molar-refractivity contribution in [2.75, 3.05) is 19.0 Å². The topological polar surface area (TPSA) is 124 Å². The summed E-state index contributed by atoms with van der Waals surface area (Å²) in [6, 6.07) is 16.2. The number of methoxy groups -OCH3 is 1. The molecule has 0 spiro atoms. The van der Waals surface area contributed by atoms with Crippen LogP contribution in [-0.2, 0) is 11.3 Å². The van der Waals surface area contributed by atoms with Crippen LogP contribution in [-0.4, -0.2) is 39.3 Å². The SMILES string of the molecule is CCOC(=O)c1ccc(CNc2ccc(Br)cc2-c2nc3nc(-c4ccc(OC)cc4)cn3[nH]c2=O)o1. The summed E-state index contributed by atoms with van der Waals surface area (Å²) in [5.74, 6) is 1.23. The van der Waals surface area contributed by atoms with E-state index in [0.29, 0.717) is 28.5 Å². The van der Waals surface area contributed by atoms with Crippen LogP contribution in [0.1, 0.15) is 23.2 Å². The third kappa shape index (κ3) is 5.12. The van der Waals surface area contributed by atoms with Gasteiger partial charge in [-0.1, -0.05) is 15.9 Å². The molecular formula is C26H22BrN5O5. The van der Waals surface area contributed by atoms with Gasteiger partial charge in [0, 0.05) is 21.3 Å². The monoisotopic (exact) mass is 563 g/mol. The van der Waals surface area contributed by atoms with Gasteiger partial charge in [-0.15, -0.1) is 0 Å². The second-order valence-electron chi connectivity index (χ2n) is 7.96. The normalized spacial score (nSPS) is 11.0. The molecule has 0 aliphatic heterocycles. The highest BCUT2D eigenvalue weighted by Gasteiger charge is 2.16. The average molecular weight is 564 g/mol.